The van der Waals surface area contributed by atoms with E-state index in [-0.39, 0.29) is 18.2 Å². The molecule has 10 heteroatoms. The van der Waals surface area contributed by atoms with Gasteiger partial charge in [-0.15, -0.1) is 5.10 Å². The smallest absolute Gasteiger partial charge is 0.271 e. The largest absolute Gasteiger partial charge is 0.493 e. The number of ether oxygens (including phenoxy) is 2. The van der Waals surface area contributed by atoms with E-state index in [9.17, 15) is 14.9 Å². The number of amides is 1. The number of carbonyl (C=O) groups excluding carboxylic acids is 1. The van der Waals surface area contributed by atoms with Crippen molar-refractivity contribution in [1.82, 2.24) is 20.3 Å². The predicted octanol–water partition coefficient (Wildman–Crippen LogP) is 3.62. The number of non-ortho nitro benzene ring substituents is 1. The number of carbonyl (C=O) groups is 1. The average molecular weight is 473 g/mol. The standard InChI is InChI=1S/C25H23N5O5/c1-34-24-12-19(15-26-25(31)13-18-6-3-2-4-7-18)10-11-23(24)35-17-20-16-29(28-27-20)21-8-5-9-22(14-21)30(32)33/h2-12,14,16H,13,15,17H2,1H3,(H,26,31). The van der Waals surface area contributed by atoms with Gasteiger partial charge in [0.25, 0.3) is 5.69 Å². The molecule has 1 N–H and O–H groups in total. The highest BCUT2D eigenvalue weighted by Crippen LogP contribution is 2.29. The van der Waals surface area contributed by atoms with Gasteiger partial charge in [0, 0.05) is 18.7 Å². The lowest BCUT2D eigenvalue weighted by molar-refractivity contribution is -0.384. The summed E-state index contributed by atoms with van der Waals surface area (Å²) in [4.78, 5) is 22.7. The maximum atomic E-state index is 12.2. The van der Waals surface area contributed by atoms with Crippen molar-refractivity contribution in [2.24, 2.45) is 0 Å². The summed E-state index contributed by atoms with van der Waals surface area (Å²) in [6, 6.07) is 21.1. The summed E-state index contributed by atoms with van der Waals surface area (Å²) < 4.78 is 12.7. The number of aromatic nitrogens is 3. The second-order valence-corrected chi connectivity index (χ2v) is 7.64. The third-order valence-corrected chi connectivity index (χ3v) is 5.15. The van der Waals surface area contributed by atoms with E-state index in [0.29, 0.717) is 35.8 Å². The monoisotopic (exact) mass is 473 g/mol. The van der Waals surface area contributed by atoms with Crippen LogP contribution in [0.1, 0.15) is 16.8 Å². The van der Waals surface area contributed by atoms with E-state index in [4.69, 9.17) is 9.47 Å². The first-order valence-corrected chi connectivity index (χ1v) is 10.8. The number of nitro benzene ring substituents is 1. The molecule has 0 saturated carbocycles. The van der Waals surface area contributed by atoms with Crippen LogP contribution < -0.4 is 14.8 Å². The zero-order valence-electron chi connectivity index (χ0n) is 19.0. The van der Waals surface area contributed by atoms with Crippen molar-refractivity contribution in [1.29, 1.82) is 0 Å². The van der Waals surface area contributed by atoms with Crippen LogP contribution in [0.3, 0.4) is 0 Å². The lowest BCUT2D eigenvalue weighted by Gasteiger charge is -2.12. The van der Waals surface area contributed by atoms with Crippen molar-refractivity contribution in [2.75, 3.05) is 7.11 Å². The zero-order chi connectivity index (χ0) is 24.6. The lowest BCUT2D eigenvalue weighted by Crippen LogP contribution is -2.24. The van der Waals surface area contributed by atoms with Crippen molar-refractivity contribution in [2.45, 2.75) is 19.6 Å². The van der Waals surface area contributed by atoms with Gasteiger partial charge >= 0.3 is 0 Å². The minimum absolute atomic E-state index is 0.0307. The Balaban J connectivity index is 1.35. The summed E-state index contributed by atoms with van der Waals surface area (Å²) in [5.74, 6) is 0.963. The van der Waals surface area contributed by atoms with Gasteiger partial charge < -0.3 is 14.8 Å². The first-order chi connectivity index (χ1) is 17.0. The van der Waals surface area contributed by atoms with Crippen LogP contribution in [0.5, 0.6) is 11.5 Å². The lowest BCUT2D eigenvalue weighted by atomic mass is 10.1. The van der Waals surface area contributed by atoms with Crippen molar-refractivity contribution in [3.63, 3.8) is 0 Å². The van der Waals surface area contributed by atoms with Gasteiger partial charge in [0.2, 0.25) is 5.91 Å². The number of nitro groups is 1. The molecule has 10 nitrogen and oxygen atoms in total. The fourth-order valence-electron chi connectivity index (χ4n) is 3.38. The van der Waals surface area contributed by atoms with E-state index in [0.717, 1.165) is 11.1 Å². The average Bonchev–Trinajstić information content (AvgIpc) is 3.36. The van der Waals surface area contributed by atoms with Crippen molar-refractivity contribution in [3.8, 4) is 17.2 Å². The first-order valence-electron chi connectivity index (χ1n) is 10.8. The number of hydrogen-bond acceptors (Lipinski definition) is 7. The summed E-state index contributed by atoms with van der Waals surface area (Å²) in [5, 5.41) is 22.0. The normalized spacial score (nSPS) is 10.5. The van der Waals surface area contributed by atoms with Crippen LogP contribution in [0, 0.1) is 10.1 Å². The Morgan fingerprint density at radius 2 is 1.86 bits per heavy atom. The fourth-order valence-corrected chi connectivity index (χ4v) is 3.38. The Hall–Kier alpha value is -4.73. The maximum absolute atomic E-state index is 12.2. The molecule has 178 valence electrons. The summed E-state index contributed by atoms with van der Waals surface area (Å²) in [5.41, 5.74) is 2.85. The number of nitrogens with zero attached hydrogens (tertiary/aromatic N) is 4. The third kappa shape index (κ3) is 6.20. The van der Waals surface area contributed by atoms with Crippen LogP contribution in [-0.4, -0.2) is 32.9 Å². The van der Waals surface area contributed by atoms with Crippen LogP contribution in [0.2, 0.25) is 0 Å². The maximum Gasteiger partial charge on any atom is 0.271 e. The van der Waals surface area contributed by atoms with E-state index in [1.807, 2.05) is 36.4 Å². The molecule has 4 aromatic rings. The second kappa shape index (κ2) is 10.9. The Morgan fingerprint density at radius 1 is 1.03 bits per heavy atom. The second-order valence-electron chi connectivity index (χ2n) is 7.64. The molecule has 0 unspecified atom stereocenters. The summed E-state index contributed by atoms with van der Waals surface area (Å²) in [6.45, 7) is 0.484. The SMILES string of the molecule is COc1cc(CNC(=O)Cc2ccccc2)ccc1OCc1cn(-c2cccc([N+](=O)[O-])c2)nn1. The molecule has 1 heterocycles. The molecule has 0 aliphatic heterocycles. The molecular formula is C25H23N5O5. The van der Waals surface area contributed by atoms with Crippen LogP contribution in [-0.2, 0) is 24.4 Å². The minimum Gasteiger partial charge on any atom is -0.493 e. The van der Waals surface area contributed by atoms with Gasteiger partial charge in [-0.25, -0.2) is 4.68 Å². The summed E-state index contributed by atoms with van der Waals surface area (Å²) in [7, 11) is 1.54. The number of hydrogen-bond donors (Lipinski definition) is 1. The summed E-state index contributed by atoms with van der Waals surface area (Å²) >= 11 is 0. The summed E-state index contributed by atoms with van der Waals surface area (Å²) in [6.07, 6.45) is 1.96. The molecule has 0 aliphatic carbocycles. The minimum atomic E-state index is -0.463. The van der Waals surface area contributed by atoms with Gasteiger partial charge in [0.15, 0.2) is 11.5 Å². The highest BCUT2D eigenvalue weighted by molar-refractivity contribution is 5.78. The van der Waals surface area contributed by atoms with Crippen molar-refractivity contribution >= 4 is 11.6 Å². The number of rotatable bonds is 10. The van der Waals surface area contributed by atoms with Gasteiger partial charge in [-0.3, -0.25) is 14.9 Å². The topological polar surface area (TPSA) is 121 Å². The van der Waals surface area contributed by atoms with Gasteiger partial charge in [-0.1, -0.05) is 47.7 Å². The Bertz CT molecular complexity index is 1320. The Morgan fingerprint density at radius 3 is 2.63 bits per heavy atom. The van der Waals surface area contributed by atoms with Crippen LogP contribution in [0.25, 0.3) is 5.69 Å². The van der Waals surface area contributed by atoms with E-state index >= 15 is 0 Å². The van der Waals surface area contributed by atoms with Crippen molar-refractivity contribution in [3.05, 3.63) is 106 Å². The Kier molecular flexibility index (Phi) is 7.31. The molecule has 1 aromatic heterocycles. The molecule has 3 aromatic carbocycles. The van der Waals surface area contributed by atoms with Crippen LogP contribution >= 0.6 is 0 Å². The predicted molar refractivity (Wildman–Crippen MR) is 127 cm³/mol. The molecule has 1 amide bonds. The van der Waals surface area contributed by atoms with Gasteiger partial charge in [0.05, 0.1) is 30.3 Å². The number of methoxy groups -OCH3 is 1. The van der Waals surface area contributed by atoms with Gasteiger partial charge in [0.1, 0.15) is 12.3 Å². The number of nitrogens with one attached hydrogen (secondary N) is 1. The molecule has 0 spiro atoms. The van der Waals surface area contributed by atoms with Crippen LogP contribution in [0.4, 0.5) is 5.69 Å². The molecule has 0 saturated heterocycles. The van der Waals surface area contributed by atoms with E-state index < -0.39 is 4.92 Å². The molecule has 35 heavy (non-hydrogen) atoms. The zero-order valence-corrected chi connectivity index (χ0v) is 19.0. The molecule has 0 atom stereocenters. The quantitative estimate of drug-likeness (QED) is 0.276. The van der Waals surface area contributed by atoms with Crippen LogP contribution in [0.15, 0.2) is 79.0 Å². The van der Waals surface area contributed by atoms with Gasteiger partial charge in [-0.2, -0.15) is 0 Å². The highest BCUT2D eigenvalue weighted by atomic mass is 16.6. The first kappa shape index (κ1) is 23.4. The van der Waals surface area contributed by atoms with Crippen molar-refractivity contribution < 1.29 is 19.2 Å². The van der Waals surface area contributed by atoms with E-state index in [1.165, 1.54) is 16.8 Å². The number of benzene rings is 3. The Labute approximate surface area is 201 Å². The van der Waals surface area contributed by atoms with E-state index in [2.05, 4.69) is 15.6 Å². The molecule has 0 aliphatic rings. The molecule has 0 fully saturated rings. The van der Waals surface area contributed by atoms with E-state index in [1.54, 1.807) is 37.6 Å². The molecule has 0 bridgehead atoms. The molecular weight excluding hydrogens is 450 g/mol. The fraction of sp³-hybridized carbons (Fsp3) is 0.160. The van der Waals surface area contributed by atoms with Gasteiger partial charge in [-0.05, 0) is 29.3 Å². The molecule has 0 radical (unpaired) electrons. The third-order valence-electron chi connectivity index (χ3n) is 5.15. The molecule has 4 rings (SSSR count). The highest BCUT2D eigenvalue weighted by Gasteiger charge is 2.11.